The number of hydrogen-bond donors (Lipinski definition) is 2. The molecule has 0 saturated carbocycles. The molecule has 2 heterocycles. The van der Waals surface area contributed by atoms with Gasteiger partial charge in [-0.3, -0.25) is 24.4 Å². The number of aryl methyl sites for hydroxylation is 1. The summed E-state index contributed by atoms with van der Waals surface area (Å²) in [4.78, 5) is 31.5. The Morgan fingerprint density at radius 1 is 1.29 bits per heavy atom. The van der Waals surface area contributed by atoms with E-state index < -0.39 is 11.1 Å². The lowest BCUT2D eigenvalue weighted by atomic mass is 10.2. The molecule has 0 fully saturated rings. The summed E-state index contributed by atoms with van der Waals surface area (Å²) in [5, 5.41) is 3.66. The van der Waals surface area contributed by atoms with Crippen LogP contribution in [0.25, 0.3) is 10.9 Å². The van der Waals surface area contributed by atoms with Crippen LogP contribution in [0.5, 0.6) is 0 Å². The lowest BCUT2D eigenvalue weighted by Gasteiger charge is -2.09. The third-order valence-corrected chi connectivity index (χ3v) is 4.03. The SMILES string of the molecule is Cn1[nH]c(=O)c(=O)nc1Sc1ccc(N)c2ncccc12. The van der Waals surface area contributed by atoms with Crippen molar-refractivity contribution in [1.82, 2.24) is 19.7 Å². The molecule has 0 aliphatic heterocycles. The molecule has 0 amide bonds. The molecule has 7 nitrogen and oxygen atoms in total. The first-order chi connectivity index (χ1) is 10.1. The van der Waals surface area contributed by atoms with Gasteiger partial charge in [-0.15, -0.1) is 0 Å². The van der Waals surface area contributed by atoms with Crippen molar-refractivity contribution in [1.29, 1.82) is 0 Å². The lowest BCUT2D eigenvalue weighted by Crippen LogP contribution is -2.33. The first-order valence-electron chi connectivity index (χ1n) is 6.04. The van der Waals surface area contributed by atoms with E-state index in [1.807, 2.05) is 18.2 Å². The molecule has 106 valence electrons. The van der Waals surface area contributed by atoms with Crippen LogP contribution in [0.4, 0.5) is 5.69 Å². The largest absolute Gasteiger partial charge is 0.397 e. The van der Waals surface area contributed by atoms with Gasteiger partial charge in [-0.1, -0.05) is 6.07 Å². The Labute approximate surface area is 122 Å². The number of nitrogens with two attached hydrogens (primary N) is 1. The lowest BCUT2D eigenvalue weighted by molar-refractivity contribution is 0.596. The third kappa shape index (κ3) is 2.40. The van der Waals surface area contributed by atoms with E-state index in [0.29, 0.717) is 16.4 Å². The number of benzene rings is 1. The van der Waals surface area contributed by atoms with Gasteiger partial charge in [0.15, 0.2) is 5.16 Å². The topological polar surface area (TPSA) is 107 Å². The van der Waals surface area contributed by atoms with Gasteiger partial charge in [0.25, 0.3) is 0 Å². The Bertz CT molecular complexity index is 947. The number of aromatic amines is 1. The number of anilines is 1. The number of hydrogen-bond acceptors (Lipinski definition) is 6. The molecular weight excluding hydrogens is 290 g/mol. The van der Waals surface area contributed by atoms with Crippen LogP contribution in [0.2, 0.25) is 0 Å². The summed E-state index contributed by atoms with van der Waals surface area (Å²) in [6, 6.07) is 7.29. The molecule has 0 radical (unpaired) electrons. The second kappa shape index (κ2) is 5.06. The summed E-state index contributed by atoms with van der Waals surface area (Å²) < 4.78 is 1.41. The number of nitrogens with one attached hydrogen (secondary N) is 1. The van der Waals surface area contributed by atoms with Gasteiger partial charge in [-0.25, -0.2) is 0 Å². The minimum atomic E-state index is -0.812. The highest BCUT2D eigenvalue weighted by molar-refractivity contribution is 7.99. The highest BCUT2D eigenvalue weighted by Crippen LogP contribution is 2.33. The quantitative estimate of drug-likeness (QED) is 0.534. The molecule has 0 spiro atoms. The molecule has 0 aliphatic carbocycles. The maximum absolute atomic E-state index is 11.4. The Hall–Kier alpha value is -2.61. The number of nitrogens with zero attached hydrogens (tertiary/aromatic N) is 3. The third-order valence-electron chi connectivity index (χ3n) is 2.91. The van der Waals surface area contributed by atoms with E-state index in [2.05, 4.69) is 15.1 Å². The zero-order chi connectivity index (χ0) is 15.0. The average molecular weight is 301 g/mol. The van der Waals surface area contributed by atoms with Crippen molar-refractivity contribution in [2.24, 2.45) is 7.05 Å². The van der Waals surface area contributed by atoms with Crippen LogP contribution in [0, 0.1) is 0 Å². The van der Waals surface area contributed by atoms with Crippen LogP contribution < -0.4 is 16.9 Å². The van der Waals surface area contributed by atoms with Crippen LogP contribution in [0.1, 0.15) is 0 Å². The fraction of sp³-hybridized carbons (Fsp3) is 0.0769. The van der Waals surface area contributed by atoms with Crippen molar-refractivity contribution < 1.29 is 0 Å². The standard InChI is InChI=1S/C13H11N5O2S/c1-18-13(16-11(19)12(20)17-18)21-9-5-4-8(14)10-7(9)3-2-6-15-10/h2-6H,14H2,1H3,(H,17,20). The highest BCUT2D eigenvalue weighted by Gasteiger charge is 2.10. The second-order valence-corrected chi connectivity index (χ2v) is 5.36. The van der Waals surface area contributed by atoms with Gasteiger partial charge >= 0.3 is 11.1 Å². The van der Waals surface area contributed by atoms with Crippen molar-refractivity contribution in [2.45, 2.75) is 10.1 Å². The number of rotatable bonds is 2. The summed E-state index contributed by atoms with van der Waals surface area (Å²) in [6.45, 7) is 0. The number of aromatic nitrogens is 4. The maximum Gasteiger partial charge on any atom is 0.339 e. The van der Waals surface area contributed by atoms with Gasteiger partial charge in [0.05, 0.1) is 11.2 Å². The normalized spacial score (nSPS) is 10.9. The van der Waals surface area contributed by atoms with Crippen molar-refractivity contribution in [3.05, 3.63) is 51.2 Å². The molecule has 3 rings (SSSR count). The predicted molar refractivity (Wildman–Crippen MR) is 80.4 cm³/mol. The molecule has 2 aromatic heterocycles. The molecule has 3 N–H and O–H groups in total. The molecule has 21 heavy (non-hydrogen) atoms. The van der Waals surface area contributed by atoms with E-state index in [9.17, 15) is 9.59 Å². The molecule has 8 heteroatoms. The fourth-order valence-electron chi connectivity index (χ4n) is 1.91. The monoisotopic (exact) mass is 301 g/mol. The summed E-state index contributed by atoms with van der Waals surface area (Å²) >= 11 is 1.26. The number of H-pyrrole nitrogens is 1. The van der Waals surface area contributed by atoms with E-state index in [1.54, 1.807) is 19.3 Å². The van der Waals surface area contributed by atoms with Gasteiger partial charge in [0.1, 0.15) is 0 Å². The van der Waals surface area contributed by atoms with Crippen molar-refractivity contribution in [3.8, 4) is 0 Å². The molecule has 3 aromatic rings. The Morgan fingerprint density at radius 2 is 2.10 bits per heavy atom. The molecule has 0 bridgehead atoms. The van der Waals surface area contributed by atoms with Gasteiger partial charge in [-0.2, -0.15) is 4.98 Å². The first kappa shape index (κ1) is 13.4. The zero-order valence-electron chi connectivity index (χ0n) is 11.0. The van der Waals surface area contributed by atoms with Crippen molar-refractivity contribution in [3.63, 3.8) is 0 Å². The van der Waals surface area contributed by atoms with Crippen LogP contribution >= 0.6 is 11.8 Å². The van der Waals surface area contributed by atoms with Crippen molar-refractivity contribution >= 4 is 28.4 Å². The average Bonchev–Trinajstić information content (AvgIpc) is 2.48. The summed E-state index contributed by atoms with van der Waals surface area (Å²) in [5.74, 6) is 0. The van der Waals surface area contributed by atoms with Gasteiger partial charge in [0, 0.05) is 23.5 Å². The Balaban J connectivity index is 2.15. The van der Waals surface area contributed by atoms with Gasteiger partial charge in [0.2, 0.25) is 0 Å². The van der Waals surface area contributed by atoms with E-state index in [4.69, 9.17) is 5.73 Å². The van der Waals surface area contributed by atoms with Gasteiger partial charge in [-0.05, 0) is 30.0 Å². The van der Waals surface area contributed by atoms with E-state index >= 15 is 0 Å². The number of pyridine rings is 1. The van der Waals surface area contributed by atoms with E-state index in [0.717, 1.165) is 10.3 Å². The van der Waals surface area contributed by atoms with Crippen LogP contribution in [-0.2, 0) is 7.05 Å². The first-order valence-corrected chi connectivity index (χ1v) is 6.86. The second-order valence-electron chi connectivity index (χ2n) is 4.35. The zero-order valence-corrected chi connectivity index (χ0v) is 11.8. The molecular formula is C13H11N5O2S. The van der Waals surface area contributed by atoms with Crippen LogP contribution in [0.15, 0.2) is 50.1 Å². The van der Waals surface area contributed by atoms with Crippen LogP contribution in [-0.4, -0.2) is 19.7 Å². The maximum atomic E-state index is 11.4. The van der Waals surface area contributed by atoms with Crippen LogP contribution in [0.3, 0.4) is 0 Å². The Kier molecular flexibility index (Phi) is 3.22. The molecule has 0 unspecified atom stereocenters. The van der Waals surface area contributed by atoms with Crippen molar-refractivity contribution in [2.75, 3.05) is 5.73 Å². The van der Waals surface area contributed by atoms with E-state index in [1.165, 1.54) is 16.4 Å². The smallest absolute Gasteiger partial charge is 0.339 e. The van der Waals surface area contributed by atoms with Gasteiger partial charge < -0.3 is 5.73 Å². The predicted octanol–water partition coefficient (Wildman–Crippen LogP) is 0.750. The summed E-state index contributed by atoms with van der Waals surface area (Å²) in [6.07, 6.45) is 1.67. The number of nitrogen functional groups attached to an aromatic ring is 1. The van der Waals surface area contributed by atoms with E-state index in [-0.39, 0.29) is 0 Å². The highest BCUT2D eigenvalue weighted by atomic mass is 32.2. The summed E-state index contributed by atoms with van der Waals surface area (Å²) in [7, 11) is 1.62. The Morgan fingerprint density at radius 3 is 2.90 bits per heavy atom. The molecule has 0 aliphatic rings. The minimum Gasteiger partial charge on any atom is -0.397 e. The molecule has 0 saturated heterocycles. The fourth-order valence-corrected chi connectivity index (χ4v) is 2.83. The molecule has 0 atom stereocenters. The molecule has 1 aromatic carbocycles. The summed E-state index contributed by atoms with van der Waals surface area (Å²) in [5.41, 5.74) is 5.62. The number of fused-ring (bicyclic) bond motifs is 1. The minimum absolute atomic E-state index is 0.384.